The van der Waals surface area contributed by atoms with Crippen LogP contribution in [0.15, 0.2) is 40.9 Å². The van der Waals surface area contributed by atoms with E-state index in [-0.39, 0.29) is 11.7 Å². The fourth-order valence-electron chi connectivity index (χ4n) is 3.33. The highest BCUT2D eigenvalue weighted by Crippen LogP contribution is 2.24. The molecule has 0 aliphatic carbocycles. The summed E-state index contributed by atoms with van der Waals surface area (Å²) in [6, 6.07) is 10.5. The minimum atomic E-state index is -0.256. The van der Waals surface area contributed by atoms with E-state index < -0.39 is 0 Å². The molecule has 1 aliphatic heterocycles. The summed E-state index contributed by atoms with van der Waals surface area (Å²) in [5.74, 6) is 0.421. The van der Waals surface area contributed by atoms with Crippen molar-refractivity contribution >= 4 is 27.5 Å². The lowest BCUT2D eigenvalue weighted by molar-refractivity contribution is -0.117. The van der Waals surface area contributed by atoms with Crippen molar-refractivity contribution in [1.29, 1.82) is 0 Å². The van der Waals surface area contributed by atoms with Gasteiger partial charge in [-0.05, 0) is 58.7 Å². The molecule has 0 saturated carbocycles. The fraction of sp³-hybridized carbons (Fsp3) is 0.381. The van der Waals surface area contributed by atoms with Gasteiger partial charge in [0.25, 0.3) is 0 Å². The summed E-state index contributed by atoms with van der Waals surface area (Å²) in [6.45, 7) is 6.23. The molecule has 1 fully saturated rings. The molecule has 3 rings (SSSR count). The third-order valence-electron chi connectivity index (χ3n) is 4.87. The number of methoxy groups -OCH3 is 1. The summed E-state index contributed by atoms with van der Waals surface area (Å²) in [4.78, 5) is 16.8. The van der Waals surface area contributed by atoms with Gasteiger partial charge in [-0.1, -0.05) is 6.07 Å². The predicted octanol–water partition coefficient (Wildman–Crippen LogP) is 3.66. The molecule has 0 bridgehead atoms. The van der Waals surface area contributed by atoms with Crippen LogP contribution in [0.3, 0.4) is 0 Å². The lowest BCUT2D eigenvalue weighted by Crippen LogP contribution is -2.48. The van der Waals surface area contributed by atoms with Crippen molar-refractivity contribution in [3.05, 3.63) is 57.8 Å². The Hall–Kier alpha value is -1.96. The van der Waals surface area contributed by atoms with Gasteiger partial charge < -0.3 is 10.1 Å². The molecule has 0 aromatic heterocycles. The third kappa shape index (κ3) is 5.53. The number of carbonyl (C=O) groups excluding carboxylic acids is 1. The molecule has 1 saturated heterocycles. The molecular formula is C21H25BrFN3O2. The Morgan fingerprint density at radius 2 is 1.86 bits per heavy atom. The standard InChI is InChI=1S/C21H25BrFN3O2/c1-15-3-5-19(18(22)11-15)24-21(27)14-26-9-7-25(8-10-26)13-16-12-17(23)4-6-20(16)28-2/h3-6,11-12H,7-10,13-14H2,1-2H3,(H,24,27). The Labute approximate surface area is 173 Å². The first-order chi connectivity index (χ1) is 13.4. The number of ether oxygens (including phenoxy) is 1. The molecule has 0 unspecified atom stereocenters. The number of piperazine rings is 1. The molecule has 5 nitrogen and oxygen atoms in total. The van der Waals surface area contributed by atoms with Crippen LogP contribution in [0.1, 0.15) is 11.1 Å². The Morgan fingerprint density at radius 3 is 2.54 bits per heavy atom. The number of halogens is 2. The number of amides is 1. The minimum Gasteiger partial charge on any atom is -0.496 e. The predicted molar refractivity (Wildman–Crippen MR) is 112 cm³/mol. The number of hydrogen-bond acceptors (Lipinski definition) is 4. The molecule has 28 heavy (non-hydrogen) atoms. The summed E-state index contributed by atoms with van der Waals surface area (Å²) >= 11 is 3.49. The minimum absolute atomic E-state index is 0.0233. The first kappa shape index (κ1) is 20.8. The lowest BCUT2D eigenvalue weighted by Gasteiger charge is -2.34. The van der Waals surface area contributed by atoms with Crippen LogP contribution in [0.25, 0.3) is 0 Å². The van der Waals surface area contributed by atoms with Crippen molar-refractivity contribution in [1.82, 2.24) is 9.80 Å². The van der Waals surface area contributed by atoms with E-state index in [9.17, 15) is 9.18 Å². The average Bonchev–Trinajstić information content (AvgIpc) is 2.66. The molecule has 0 atom stereocenters. The highest BCUT2D eigenvalue weighted by molar-refractivity contribution is 9.10. The molecule has 1 amide bonds. The van der Waals surface area contributed by atoms with E-state index in [4.69, 9.17) is 4.74 Å². The van der Waals surface area contributed by atoms with Crippen molar-refractivity contribution in [3.8, 4) is 5.75 Å². The van der Waals surface area contributed by atoms with Gasteiger partial charge in [-0.25, -0.2) is 4.39 Å². The highest BCUT2D eigenvalue weighted by Gasteiger charge is 2.20. The van der Waals surface area contributed by atoms with E-state index in [0.717, 1.165) is 47.5 Å². The molecule has 2 aromatic carbocycles. The highest BCUT2D eigenvalue weighted by atomic mass is 79.9. The Morgan fingerprint density at radius 1 is 1.14 bits per heavy atom. The number of benzene rings is 2. The van der Waals surface area contributed by atoms with Gasteiger partial charge in [-0.2, -0.15) is 0 Å². The first-order valence-electron chi connectivity index (χ1n) is 9.28. The average molecular weight is 450 g/mol. The molecule has 7 heteroatoms. The molecular weight excluding hydrogens is 425 g/mol. The van der Waals surface area contributed by atoms with Crippen LogP contribution >= 0.6 is 15.9 Å². The topological polar surface area (TPSA) is 44.8 Å². The Balaban J connectivity index is 1.49. The summed E-state index contributed by atoms with van der Waals surface area (Å²) < 4.78 is 19.8. The molecule has 2 aromatic rings. The van der Waals surface area contributed by atoms with Gasteiger partial charge in [0.05, 0.1) is 19.3 Å². The third-order valence-corrected chi connectivity index (χ3v) is 5.52. The van der Waals surface area contributed by atoms with Crippen LogP contribution in [-0.2, 0) is 11.3 Å². The maximum Gasteiger partial charge on any atom is 0.238 e. The van der Waals surface area contributed by atoms with Gasteiger partial charge >= 0.3 is 0 Å². The molecule has 0 radical (unpaired) electrons. The fourth-order valence-corrected chi connectivity index (χ4v) is 3.92. The van der Waals surface area contributed by atoms with Crippen molar-refractivity contribution in [3.63, 3.8) is 0 Å². The number of rotatable bonds is 6. The number of hydrogen-bond donors (Lipinski definition) is 1. The summed E-state index contributed by atoms with van der Waals surface area (Å²) in [5, 5.41) is 2.96. The van der Waals surface area contributed by atoms with E-state index >= 15 is 0 Å². The zero-order valence-corrected chi connectivity index (χ0v) is 17.8. The number of aryl methyl sites for hydroxylation is 1. The van der Waals surface area contributed by atoms with Gasteiger partial charge in [-0.3, -0.25) is 14.6 Å². The van der Waals surface area contributed by atoms with Crippen molar-refractivity contribution in [2.45, 2.75) is 13.5 Å². The van der Waals surface area contributed by atoms with Crippen LogP contribution < -0.4 is 10.1 Å². The van der Waals surface area contributed by atoms with E-state index in [1.54, 1.807) is 13.2 Å². The number of nitrogens with zero attached hydrogens (tertiary/aromatic N) is 2. The summed E-state index contributed by atoms with van der Waals surface area (Å²) in [6.07, 6.45) is 0. The van der Waals surface area contributed by atoms with Crippen molar-refractivity contribution in [2.24, 2.45) is 0 Å². The smallest absolute Gasteiger partial charge is 0.238 e. The number of anilines is 1. The van der Waals surface area contributed by atoms with Gasteiger partial charge in [0.1, 0.15) is 11.6 Å². The SMILES string of the molecule is COc1ccc(F)cc1CN1CCN(CC(=O)Nc2ccc(C)cc2Br)CC1. The zero-order valence-electron chi connectivity index (χ0n) is 16.2. The normalized spacial score (nSPS) is 15.4. The molecule has 150 valence electrons. The number of carbonyl (C=O) groups is 1. The van der Waals surface area contributed by atoms with Crippen LogP contribution in [-0.4, -0.2) is 55.5 Å². The van der Waals surface area contributed by atoms with Crippen LogP contribution in [0.4, 0.5) is 10.1 Å². The second-order valence-electron chi connectivity index (χ2n) is 7.04. The molecule has 1 N–H and O–H groups in total. The number of nitrogens with one attached hydrogen (secondary N) is 1. The summed E-state index contributed by atoms with van der Waals surface area (Å²) in [5.41, 5.74) is 2.77. The van der Waals surface area contributed by atoms with Gasteiger partial charge in [0.2, 0.25) is 5.91 Å². The lowest BCUT2D eigenvalue weighted by atomic mass is 10.1. The van der Waals surface area contributed by atoms with Crippen molar-refractivity contribution < 1.29 is 13.9 Å². The first-order valence-corrected chi connectivity index (χ1v) is 10.1. The van der Waals surface area contributed by atoms with Crippen LogP contribution in [0.5, 0.6) is 5.75 Å². The Bertz CT molecular complexity index is 838. The Kier molecular flexibility index (Phi) is 7.04. The quantitative estimate of drug-likeness (QED) is 0.730. The van der Waals surface area contributed by atoms with E-state index in [2.05, 4.69) is 31.0 Å². The molecule has 0 spiro atoms. The van der Waals surface area contributed by atoms with Crippen LogP contribution in [0, 0.1) is 12.7 Å². The largest absolute Gasteiger partial charge is 0.496 e. The van der Waals surface area contributed by atoms with E-state index in [1.165, 1.54) is 12.1 Å². The maximum atomic E-state index is 13.5. The second-order valence-corrected chi connectivity index (χ2v) is 7.89. The van der Waals surface area contributed by atoms with E-state index in [1.807, 2.05) is 25.1 Å². The second kappa shape index (κ2) is 9.49. The van der Waals surface area contributed by atoms with E-state index in [0.29, 0.717) is 18.8 Å². The monoisotopic (exact) mass is 449 g/mol. The zero-order chi connectivity index (χ0) is 20.1. The maximum absolute atomic E-state index is 13.5. The van der Waals surface area contributed by atoms with Gasteiger partial charge in [0.15, 0.2) is 0 Å². The summed E-state index contributed by atoms with van der Waals surface area (Å²) in [7, 11) is 1.60. The van der Waals surface area contributed by atoms with Crippen LogP contribution in [0.2, 0.25) is 0 Å². The van der Waals surface area contributed by atoms with Gasteiger partial charge in [-0.15, -0.1) is 0 Å². The molecule has 1 heterocycles. The van der Waals surface area contributed by atoms with Crippen molar-refractivity contribution in [2.75, 3.05) is 45.2 Å². The molecule has 1 aliphatic rings. The van der Waals surface area contributed by atoms with Gasteiger partial charge in [0, 0.05) is 42.8 Å².